The molecular formula is C40H48N4O2. The van der Waals surface area contributed by atoms with Gasteiger partial charge in [0.05, 0.1) is 12.6 Å². The van der Waals surface area contributed by atoms with Gasteiger partial charge in [-0.15, -0.1) is 0 Å². The van der Waals surface area contributed by atoms with Gasteiger partial charge in [0.1, 0.15) is 5.60 Å². The summed E-state index contributed by atoms with van der Waals surface area (Å²) in [7, 11) is 8.09. The summed E-state index contributed by atoms with van der Waals surface area (Å²) in [5.41, 5.74) is 3.83. The van der Waals surface area contributed by atoms with Crippen molar-refractivity contribution in [3.8, 4) is 5.88 Å². The minimum Gasteiger partial charge on any atom is -0.481 e. The number of rotatable bonds is 12. The molecule has 2 atom stereocenters. The number of aliphatic hydroxyl groups is 1. The molecule has 46 heavy (non-hydrogen) atoms. The molecule has 6 nitrogen and oxygen atoms in total. The Morgan fingerprint density at radius 3 is 2.35 bits per heavy atom. The molecule has 0 radical (unpaired) electrons. The maximum Gasteiger partial charge on any atom is 0.217 e. The first kappa shape index (κ1) is 32.1. The van der Waals surface area contributed by atoms with Gasteiger partial charge < -0.3 is 19.6 Å². The van der Waals surface area contributed by atoms with Crippen LogP contribution in [0.15, 0.2) is 97.1 Å². The number of hydrogen-bond donors (Lipinski definition) is 1. The minimum absolute atomic E-state index is 0.410. The van der Waals surface area contributed by atoms with Crippen molar-refractivity contribution in [3.63, 3.8) is 0 Å². The van der Waals surface area contributed by atoms with Crippen molar-refractivity contribution >= 4 is 21.7 Å². The topological polar surface area (TPSA) is 52.1 Å². The smallest absolute Gasteiger partial charge is 0.217 e. The van der Waals surface area contributed by atoms with Gasteiger partial charge in [-0.25, -0.2) is 4.98 Å². The highest BCUT2D eigenvalue weighted by Crippen LogP contribution is 2.49. The minimum atomic E-state index is -1.23. The second kappa shape index (κ2) is 14.3. The lowest BCUT2D eigenvalue weighted by molar-refractivity contribution is 0.00821. The summed E-state index contributed by atoms with van der Waals surface area (Å²) in [5.74, 6) is 0.145. The summed E-state index contributed by atoms with van der Waals surface area (Å²) in [6.07, 6.45) is 2.46. The van der Waals surface area contributed by atoms with Gasteiger partial charge in [0, 0.05) is 49.6 Å². The third-order valence-electron chi connectivity index (χ3n) is 9.66. The van der Waals surface area contributed by atoms with Crippen LogP contribution in [0.1, 0.15) is 47.4 Å². The van der Waals surface area contributed by atoms with E-state index >= 15 is 0 Å². The lowest BCUT2D eigenvalue weighted by Gasteiger charge is -2.39. The summed E-state index contributed by atoms with van der Waals surface area (Å²) in [5, 5.41) is 16.6. The Bertz CT molecular complexity index is 1740. The van der Waals surface area contributed by atoms with E-state index in [4.69, 9.17) is 9.72 Å². The second-order valence-corrected chi connectivity index (χ2v) is 13.2. The maximum atomic E-state index is 13.4. The number of unbranched alkanes of at least 4 members (excludes halogenated alkanes) is 1. The summed E-state index contributed by atoms with van der Waals surface area (Å²) in [6, 6.07) is 33.9. The number of methoxy groups -OCH3 is 1. The number of hydrogen-bond acceptors (Lipinski definition) is 6. The summed E-state index contributed by atoms with van der Waals surface area (Å²) in [4.78, 5) is 12.2. The third-order valence-corrected chi connectivity index (χ3v) is 9.66. The lowest BCUT2D eigenvalue weighted by Crippen LogP contribution is -2.43. The standard InChI is InChI=1S/C40H48N4O2/c1-42(2)22-11-10-21-40(45,36-18-12-16-31-13-8-9-17-34(31)36)38(32-14-6-5-7-15-32)35-28-33-27-30(19-20-37(33)41-39(35)46-4)29-44-25-23-43(3)24-26-44/h5-9,12-20,27-28,38,45H,10-11,21-26,29H2,1-4H3. The fourth-order valence-electron chi connectivity index (χ4n) is 7.18. The third kappa shape index (κ3) is 6.96. The molecule has 1 aliphatic rings. The van der Waals surface area contributed by atoms with Crippen molar-refractivity contribution in [3.05, 3.63) is 119 Å². The normalized spacial score (nSPS) is 16.6. The van der Waals surface area contributed by atoms with Crippen LogP contribution in [-0.2, 0) is 12.1 Å². The molecule has 1 aliphatic heterocycles. The number of piperazine rings is 1. The van der Waals surface area contributed by atoms with E-state index in [0.717, 1.165) is 90.5 Å². The zero-order valence-electron chi connectivity index (χ0n) is 27.8. The molecule has 240 valence electrons. The molecule has 6 rings (SSSR count). The molecule has 0 spiro atoms. The molecule has 0 amide bonds. The van der Waals surface area contributed by atoms with Crippen molar-refractivity contribution in [2.24, 2.45) is 0 Å². The van der Waals surface area contributed by atoms with Crippen molar-refractivity contribution in [1.29, 1.82) is 0 Å². The van der Waals surface area contributed by atoms with Crippen molar-refractivity contribution in [1.82, 2.24) is 19.7 Å². The number of pyridine rings is 1. The van der Waals surface area contributed by atoms with Crippen LogP contribution in [0.4, 0.5) is 0 Å². The molecule has 6 heteroatoms. The largest absolute Gasteiger partial charge is 0.481 e. The van der Waals surface area contributed by atoms with Crippen LogP contribution in [0.5, 0.6) is 5.88 Å². The van der Waals surface area contributed by atoms with Gasteiger partial charge in [-0.2, -0.15) is 0 Å². The number of aromatic nitrogens is 1. The van der Waals surface area contributed by atoms with Gasteiger partial charge in [0.2, 0.25) is 5.88 Å². The first-order valence-electron chi connectivity index (χ1n) is 16.6. The Morgan fingerprint density at radius 1 is 0.848 bits per heavy atom. The van der Waals surface area contributed by atoms with Gasteiger partial charge in [-0.3, -0.25) is 4.90 Å². The zero-order valence-corrected chi connectivity index (χ0v) is 27.8. The van der Waals surface area contributed by atoms with Crippen molar-refractivity contribution < 1.29 is 9.84 Å². The highest BCUT2D eigenvalue weighted by molar-refractivity contribution is 5.87. The van der Waals surface area contributed by atoms with Gasteiger partial charge in [-0.1, -0.05) is 78.9 Å². The van der Waals surface area contributed by atoms with E-state index < -0.39 is 11.5 Å². The van der Waals surface area contributed by atoms with E-state index in [1.165, 1.54) is 5.56 Å². The van der Waals surface area contributed by atoms with Crippen LogP contribution in [-0.4, -0.2) is 85.8 Å². The molecule has 2 unspecified atom stereocenters. The Morgan fingerprint density at radius 2 is 1.59 bits per heavy atom. The summed E-state index contributed by atoms with van der Waals surface area (Å²) >= 11 is 0. The van der Waals surface area contributed by atoms with E-state index in [9.17, 15) is 5.11 Å². The summed E-state index contributed by atoms with van der Waals surface area (Å²) in [6.45, 7) is 6.22. The van der Waals surface area contributed by atoms with Gasteiger partial charge in [0.25, 0.3) is 0 Å². The second-order valence-electron chi connectivity index (χ2n) is 13.2. The SMILES string of the molecule is COc1nc2ccc(CN3CCN(C)CC3)cc2cc1C(c1ccccc1)C(O)(CCCCN(C)C)c1cccc2ccccc12. The highest BCUT2D eigenvalue weighted by atomic mass is 16.5. The Kier molecular flexibility index (Phi) is 10.00. The van der Waals surface area contributed by atoms with Gasteiger partial charge in [0.15, 0.2) is 0 Å². The monoisotopic (exact) mass is 616 g/mol. The van der Waals surface area contributed by atoms with E-state index in [-0.39, 0.29) is 0 Å². The van der Waals surface area contributed by atoms with Crippen LogP contribution in [0.3, 0.4) is 0 Å². The average Bonchev–Trinajstić information content (AvgIpc) is 3.07. The lowest BCUT2D eigenvalue weighted by atomic mass is 9.70. The molecule has 0 saturated carbocycles. The highest BCUT2D eigenvalue weighted by Gasteiger charge is 2.43. The molecule has 1 saturated heterocycles. The average molecular weight is 617 g/mol. The number of likely N-dealkylation sites (N-methyl/N-ethyl adjacent to an activating group) is 1. The molecule has 1 N–H and O–H groups in total. The fraction of sp³-hybridized carbons (Fsp3) is 0.375. The van der Waals surface area contributed by atoms with E-state index in [2.05, 4.69) is 127 Å². The number of ether oxygens (including phenoxy) is 1. The molecule has 2 heterocycles. The molecule has 0 bridgehead atoms. The Balaban J connectivity index is 1.50. The van der Waals surface area contributed by atoms with Gasteiger partial charge in [-0.05, 0) is 92.6 Å². The number of nitrogens with zero attached hydrogens (tertiary/aromatic N) is 4. The van der Waals surface area contributed by atoms with Crippen LogP contribution < -0.4 is 4.74 Å². The van der Waals surface area contributed by atoms with Crippen molar-refractivity contribution in [2.45, 2.75) is 37.3 Å². The predicted molar refractivity (Wildman–Crippen MR) is 190 cm³/mol. The quantitative estimate of drug-likeness (QED) is 0.154. The summed E-state index contributed by atoms with van der Waals surface area (Å²) < 4.78 is 6.05. The van der Waals surface area contributed by atoms with Crippen LogP contribution in [0.2, 0.25) is 0 Å². The molecule has 1 aromatic heterocycles. The van der Waals surface area contributed by atoms with Crippen LogP contribution >= 0.6 is 0 Å². The molecule has 4 aromatic carbocycles. The van der Waals surface area contributed by atoms with Crippen LogP contribution in [0.25, 0.3) is 21.7 Å². The van der Waals surface area contributed by atoms with E-state index in [1.54, 1.807) is 7.11 Å². The van der Waals surface area contributed by atoms with Crippen molar-refractivity contribution in [2.75, 3.05) is 61.0 Å². The number of fused-ring (bicyclic) bond motifs is 2. The predicted octanol–water partition coefficient (Wildman–Crippen LogP) is 6.90. The first-order chi connectivity index (χ1) is 22.4. The van der Waals surface area contributed by atoms with E-state index in [1.807, 2.05) is 6.07 Å². The Hall–Kier alpha value is -3.81. The van der Waals surface area contributed by atoms with E-state index in [0.29, 0.717) is 12.3 Å². The molecule has 5 aromatic rings. The first-order valence-corrected chi connectivity index (χ1v) is 16.6. The molecular weight excluding hydrogens is 568 g/mol. The Labute approximate surface area is 274 Å². The maximum absolute atomic E-state index is 13.4. The fourth-order valence-corrected chi connectivity index (χ4v) is 7.18. The molecule has 0 aliphatic carbocycles. The number of benzene rings is 4. The van der Waals surface area contributed by atoms with Gasteiger partial charge >= 0.3 is 0 Å². The van der Waals surface area contributed by atoms with Crippen LogP contribution in [0, 0.1) is 0 Å². The zero-order chi connectivity index (χ0) is 32.1. The molecule has 1 fully saturated rings.